The first kappa shape index (κ1) is 20.7. The first-order valence-electron chi connectivity index (χ1n) is 9.33. The van der Waals surface area contributed by atoms with Crippen LogP contribution in [0.3, 0.4) is 0 Å². The first-order valence-corrected chi connectivity index (χ1v) is 9.33. The molecule has 0 aromatic heterocycles. The number of nitrogens with zero attached hydrogens (tertiary/aromatic N) is 1. The highest BCUT2D eigenvalue weighted by Gasteiger charge is 2.35. The number of hydrogen-bond acceptors (Lipinski definition) is 4. The lowest BCUT2D eigenvalue weighted by atomic mass is 9.98. The van der Waals surface area contributed by atoms with Crippen molar-refractivity contribution in [1.29, 1.82) is 0 Å². The summed E-state index contributed by atoms with van der Waals surface area (Å²) in [7, 11) is 0. The van der Waals surface area contributed by atoms with Gasteiger partial charge in [-0.05, 0) is 44.9 Å². The third kappa shape index (κ3) is 5.70. The molecule has 0 unspecified atom stereocenters. The van der Waals surface area contributed by atoms with Gasteiger partial charge in [-0.15, -0.1) is 0 Å². The first-order chi connectivity index (χ1) is 12.8. The van der Waals surface area contributed by atoms with Gasteiger partial charge in [0.15, 0.2) is 0 Å². The average molecular weight is 376 g/mol. The molecule has 1 aromatic carbocycles. The minimum absolute atomic E-state index is 0.0330. The maximum atomic E-state index is 12.4. The number of likely N-dealkylation sites (tertiary alicyclic amines) is 1. The molecular weight excluding hydrogens is 348 g/mol. The Morgan fingerprint density at radius 2 is 1.96 bits per heavy atom. The molecule has 2 amide bonds. The summed E-state index contributed by atoms with van der Waals surface area (Å²) < 4.78 is 5.38. The number of carboxylic acid groups (broad SMARTS) is 1. The molecule has 0 spiro atoms. The van der Waals surface area contributed by atoms with Crippen LogP contribution in [0.1, 0.15) is 32.8 Å². The Hall–Kier alpha value is -2.57. The monoisotopic (exact) mass is 376 g/mol. The third-order valence-electron chi connectivity index (χ3n) is 4.74. The summed E-state index contributed by atoms with van der Waals surface area (Å²) in [4.78, 5) is 37.5. The van der Waals surface area contributed by atoms with Crippen molar-refractivity contribution in [3.05, 3.63) is 29.8 Å². The second kappa shape index (κ2) is 9.39. The number of nitrogens with one attached hydrogen (secondary N) is 1. The number of carboxylic acids is 1. The number of carbonyl (C=O) groups excluding carboxylic acids is 2. The number of benzene rings is 1. The molecule has 0 saturated carbocycles. The Kier molecular flexibility index (Phi) is 7.21. The topological polar surface area (TPSA) is 95.9 Å². The van der Waals surface area contributed by atoms with Crippen molar-refractivity contribution in [2.24, 2.45) is 11.8 Å². The molecule has 1 saturated heterocycles. The van der Waals surface area contributed by atoms with Crippen LogP contribution in [0.25, 0.3) is 0 Å². The van der Waals surface area contributed by atoms with Crippen LogP contribution in [0.15, 0.2) is 24.3 Å². The third-order valence-corrected chi connectivity index (χ3v) is 4.74. The van der Waals surface area contributed by atoms with Gasteiger partial charge in [-0.25, -0.2) is 0 Å². The van der Waals surface area contributed by atoms with Gasteiger partial charge in [-0.2, -0.15) is 0 Å². The molecule has 0 radical (unpaired) electrons. The van der Waals surface area contributed by atoms with Gasteiger partial charge in [0.05, 0.1) is 18.4 Å². The smallest absolute Gasteiger partial charge is 0.308 e. The zero-order valence-corrected chi connectivity index (χ0v) is 16.1. The fourth-order valence-corrected chi connectivity index (χ4v) is 3.19. The number of carbonyl (C=O) groups is 3. The molecule has 1 aliphatic heterocycles. The van der Waals surface area contributed by atoms with E-state index in [-0.39, 0.29) is 30.8 Å². The number of hydrogen-bond donors (Lipinski definition) is 2. The quantitative estimate of drug-likeness (QED) is 0.684. The lowest BCUT2D eigenvalue weighted by Gasteiger charge is -2.21. The highest BCUT2D eigenvalue weighted by molar-refractivity contribution is 5.89. The molecule has 7 nitrogen and oxygen atoms in total. The van der Waals surface area contributed by atoms with Crippen LogP contribution in [-0.4, -0.2) is 53.5 Å². The zero-order valence-electron chi connectivity index (χ0n) is 16.1. The van der Waals surface area contributed by atoms with E-state index in [9.17, 15) is 19.5 Å². The van der Waals surface area contributed by atoms with E-state index in [0.717, 1.165) is 11.3 Å². The summed E-state index contributed by atoms with van der Waals surface area (Å²) >= 11 is 0. The molecule has 1 aromatic rings. The van der Waals surface area contributed by atoms with Crippen LogP contribution in [0.2, 0.25) is 0 Å². The van der Waals surface area contributed by atoms with Gasteiger partial charge in [-0.1, -0.05) is 12.1 Å². The van der Waals surface area contributed by atoms with Crippen molar-refractivity contribution in [1.82, 2.24) is 10.2 Å². The molecule has 2 N–H and O–H groups in total. The predicted molar refractivity (Wildman–Crippen MR) is 100 cm³/mol. The van der Waals surface area contributed by atoms with Crippen molar-refractivity contribution in [3.63, 3.8) is 0 Å². The van der Waals surface area contributed by atoms with Gasteiger partial charge in [-0.3, -0.25) is 14.4 Å². The summed E-state index contributed by atoms with van der Waals surface area (Å²) in [5, 5.41) is 12.2. The van der Waals surface area contributed by atoms with Crippen LogP contribution in [0, 0.1) is 11.8 Å². The van der Waals surface area contributed by atoms with Crippen LogP contribution in [-0.2, 0) is 20.8 Å². The van der Waals surface area contributed by atoms with Gasteiger partial charge in [0.1, 0.15) is 5.75 Å². The molecule has 2 rings (SSSR count). The fourth-order valence-electron chi connectivity index (χ4n) is 3.19. The maximum Gasteiger partial charge on any atom is 0.308 e. The predicted octanol–water partition coefficient (Wildman–Crippen LogP) is 1.70. The van der Waals surface area contributed by atoms with E-state index in [1.165, 1.54) is 0 Å². The Morgan fingerprint density at radius 1 is 1.30 bits per heavy atom. The van der Waals surface area contributed by atoms with E-state index in [0.29, 0.717) is 19.6 Å². The van der Waals surface area contributed by atoms with Crippen LogP contribution >= 0.6 is 0 Å². The molecule has 27 heavy (non-hydrogen) atoms. The molecule has 0 bridgehead atoms. The molecule has 7 heteroatoms. The highest BCUT2D eigenvalue weighted by atomic mass is 16.5. The van der Waals surface area contributed by atoms with Crippen LogP contribution < -0.4 is 10.1 Å². The molecule has 148 valence electrons. The zero-order chi connectivity index (χ0) is 20.0. The lowest BCUT2D eigenvalue weighted by molar-refractivity contribution is -0.141. The summed E-state index contributed by atoms with van der Waals surface area (Å²) in [5.41, 5.74) is 0.863. The van der Waals surface area contributed by atoms with Crippen LogP contribution in [0.4, 0.5) is 0 Å². The Balaban J connectivity index is 1.90. The number of amides is 2. The fraction of sp³-hybridized carbons (Fsp3) is 0.550. The van der Waals surface area contributed by atoms with Crippen molar-refractivity contribution in [3.8, 4) is 5.75 Å². The molecule has 2 atom stereocenters. The van der Waals surface area contributed by atoms with Gasteiger partial charge in [0, 0.05) is 25.6 Å². The SMILES string of the molecule is CCOc1ccc(C[C@@H](CNC(=O)[C@H]2CC(=O)N(C(C)C)C2)C(=O)O)cc1. The lowest BCUT2D eigenvalue weighted by Crippen LogP contribution is -2.39. The molecule has 1 aliphatic rings. The second-order valence-corrected chi connectivity index (χ2v) is 7.10. The largest absolute Gasteiger partial charge is 0.494 e. The number of rotatable bonds is 9. The van der Waals surface area contributed by atoms with Crippen molar-refractivity contribution in [2.45, 2.75) is 39.7 Å². The second-order valence-electron chi connectivity index (χ2n) is 7.10. The standard InChI is InChI=1S/C20H28N2O5/c1-4-27-17-7-5-14(6-8-17)9-15(20(25)26)11-21-19(24)16-10-18(23)22(12-16)13(2)3/h5-8,13,15-16H,4,9-12H2,1-3H3,(H,21,24)(H,25,26)/t15-,16-/m0/s1. The van der Waals surface area contributed by atoms with E-state index in [1.54, 1.807) is 17.0 Å². The summed E-state index contributed by atoms with van der Waals surface area (Å²) in [6.45, 7) is 6.72. The molecular formula is C20H28N2O5. The van der Waals surface area contributed by atoms with Gasteiger partial charge < -0.3 is 20.1 Å². The van der Waals surface area contributed by atoms with E-state index in [2.05, 4.69) is 5.32 Å². The molecule has 1 heterocycles. The van der Waals surface area contributed by atoms with Crippen molar-refractivity contribution >= 4 is 17.8 Å². The number of aliphatic carboxylic acids is 1. The Morgan fingerprint density at radius 3 is 2.48 bits per heavy atom. The summed E-state index contributed by atoms with van der Waals surface area (Å²) in [6.07, 6.45) is 0.490. The minimum Gasteiger partial charge on any atom is -0.494 e. The minimum atomic E-state index is -0.963. The summed E-state index contributed by atoms with van der Waals surface area (Å²) in [5.74, 6) is -1.67. The van der Waals surface area contributed by atoms with Crippen LogP contribution in [0.5, 0.6) is 5.75 Å². The van der Waals surface area contributed by atoms with Gasteiger partial charge in [0.25, 0.3) is 0 Å². The summed E-state index contributed by atoms with van der Waals surface area (Å²) in [6, 6.07) is 7.33. The normalized spacial score (nSPS) is 17.9. The van der Waals surface area contributed by atoms with E-state index in [4.69, 9.17) is 4.74 Å². The van der Waals surface area contributed by atoms with Crippen molar-refractivity contribution in [2.75, 3.05) is 19.7 Å². The Bertz CT molecular complexity index is 671. The average Bonchev–Trinajstić information content (AvgIpc) is 3.02. The van der Waals surface area contributed by atoms with E-state index in [1.807, 2.05) is 32.9 Å². The molecule has 0 aliphatic carbocycles. The highest BCUT2D eigenvalue weighted by Crippen LogP contribution is 2.20. The van der Waals surface area contributed by atoms with Crippen molar-refractivity contribution < 1.29 is 24.2 Å². The van der Waals surface area contributed by atoms with Gasteiger partial charge in [0.2, 0.25) is 11.8 Å². The van der Waals surface area contributed by atoms with E-state index >= 15 is 0 Å². The van der Waals surface area contributed by atoms with Gasteiger partial charge >= 0.3 is 5.97 Å². The molecule has 1 fully saturated rings. The van der Waals surface area contributed by atoms with E-state index < -0.39 is 17.8 Å². The maximum absolute atomic E-state index is 12.4. The Labute approximate surface area is 159 Å². The number of ether oxygens (including phenoxy) is 1.